The van der Waals surface area contributed by atoms with E-state index in [1.54, 1.807) is 0 Å². The van der Waals surface area contributed by atoms with E-state index in [-0.39, 0.29) is 0 Å². The zero-order chi connectivity index (χ0) is 14.2. The summed E-state index contributed by atoms with van der Waals surface area (Å²) in [6, 6.07) is 9.40. The molecule has 0 bridgehead atoms. The monoisotopic (exact) mass is 267 g/mol. The Hall–Kier alpha value is -1.59. The van der Waals surface area contributed by atoms with Gasteiger partial charge in [0.1, 0.15) is 0 Å². The quantitative estimate of drug-likeness (QED) is 0.492. The van der Waals surface area contributed by atoms with E-state index in [9.17, 15) is 0 Å². The SMILES string of the molecule is C=C=C(CCCCc1ccc(CC)cc1)C1CCC=N1. The number of benzene rings is 1. The Morgan fingerprint density at radius 2 is 2.00 bits per heavy atom. The number of aliphatic imine (C=N–C) groups is 1. The average Bonchev–Trinajstić information content (AvgIpc) is 3.02. The Kier molecular flexibility index (Phi) is 5.83. The molecule has 0 saturated heterocycles. The van der Waals surface area contributed by atoms with Crippen LogP contribution >= 0.6 is 0 Å². The van der Waals surface area contributed by atoms with Gasteiger partial charge in [-0.25, -0.2) is 0 Å². The van der Waals surface area contributed by atoms with Crippen molar-refractivity contribution in [1.82, 2.24) is 0 Å². The smallest absolute Gasteiger partial charge is 0.0782 e. The molecule has 2 rings (SSSR count). The van der Waals surface area contributed by atoms with Crippen LogP contribution in [0.4, 0.5) is 0 Å². The number of hydrogen-bond donors (Lipinski definition) is 0. The predicted molar refractivity (Wildman–Crippen MR) is 87.5 cm³/mol. The van der Waals surface area contributed by atoms with Crippen LogP contribution in [0.5, 0.6) is 0 Å². The molecule has 20 heavy (non-hydrogen) atoms. The predicted octanol–water partition coefficient (Wildman–Crippen LogP) is 4.91. The van der Waals surface area contributed by atoms with Crippen molar-refractivity contribution in [2.45, 2.75) is 57.9 Å². The lowest BCUT2D eigenvalue weighted by Gasteiger charge is -2.10. The van der Waals surface area contributed by atoms with E-state index in [1.807, 2.05) is 6.21 Å². The van der Waals surface area contributed by atoms with Crippen LogP contribution in [-0.2, 0) is 12.8 Å². The second kappa shape index (κ2) is 7.87. The van der Waals surface area contributed by atoms with Crippen LogP contribution < -0.4 is 0 Å². The van der Waals surface area contributed by atoms with E-state index in [1.165, 1.54) is 36.0 Å². The first-order valence-corrected chi connectivity index (χ1v) is 7.81. The highest BCUT2D eigenvalue weighted by molar-refractivity contribution is 5.60. The highest BCUT2D eigenvalue weighted by Crippen LogP contribution is 2.21. The zero-order valence-electron chi connectivity index (χ0n) is 12.6. The highest BCUT2D eigenvalue weighted by Gasteiger charge is 2.14. The Bertz CT molecular complexity index is 489. The third kappa shape index (κ3) is 4.21. The first-order valence-electron chi connectivity index (χ1n) is 7.81. The molecule has 1 unspecified atom stereocenters. The summed E-state index contributed by atoms with van der Waals surface area (Å²) in [4.78, 5) is 4.50. The van der Waals surface area contributed by atoms with Crippen molar-refractivity contribution in [3.8, 4) is 0 Å². The molecule has 0 radical (unpaired) electrons. The van der Waals surface area contributed by atoms with Crippen molar-refractivity contribution >= 4 is 6.21 Å². The largest absolute Gasteiger partial charge is 0.289 e. The minimum Gasteiger partial charge on any atom is -0.289 e. The number of aryl methyl sites for hydroxylation is 2. The van der Waals surface area contributed by atoms with E-state index in [4.69, 9.17) is 0 Å². The van der Waals surface area contributed by atoms with Gasteiger partial charge in [-0.3, -0.25) is 4.99 Å². The summed E-state index contributed by atoms with van der Waals surface area (Å²) in [7, 11) is 0. The summed E-state index contributed by atoms with van der Waals surface area (Å²) >= 11 is 0. The molecule has 1 heterocycles. The van der Waals surface area contributed by atoms with Gasteiger partial charge in [0.2, 0.25) is 0 Å². The normalized spacial score (nSPS) is 17.1. The molecule has 0 saturated carbocycles. The third-order valence-corrected chi connectivity index (χ3v) is 4.08. The minimum absolute atomic E-state index is 0.372. The molecule has 0 fully saturated rings. The van der Waals surface area contributed by atoms with Crippen molar-refractivity contribution in [1.29, 1.82) is 0 Å². The van der Waals surface area contributed by atoms with Gasteiger partial charge in [0.05, 0.1) is 6.04 Å². The lowest BCUT2D eigenvalue weighted by Crippen LogP contribution is -2.03. The standard InChI is InChI=1S/C19H25N/c1-3-16-11-13-17(14-12-16)8-5-6-9-18(4-2)19-10-7-15-20-19/h11-15,19H,2-3,5-10H2,1H3. The van der Waals surface area contributed by atoms with E-state index < -0.39 is 0 Å². The fourth-order valence-corrected chi connectivity index (χ4v) is 2.73. The molecule has 1 nitrogen and oxygen atoms in total. The second-order valence-corrected chi connectivity index (χ2v) is 5.50. The summed E-state index contributed by atoms with van der Waals surface area (Å²) in [6.07, 6.45) is 10.1. The molecule has 0 N–H and O–H groups in total. The highest BCUT2D eigenvalue weighted by atomic mass is 14.8. The first kappa shape index (κ1) is 14.8. The van der Waals surface area contributed by atoms with Crippen molar-refractivity contribution in [2.24, 2.45) is 4.99 Å². The fraction of sp³-hybridized carbons (Fsp3) is 0.474. The molecule has 1 aromatic rings. The lowest BCUT2D eigenvalue weighted by molar-refractivity contribution is 0.666. The Morgan fingerprint density at radius 3 is 2.60 bits per heavy atom. The maximum Gasteiger partial charge on any atom is 0.0782 e. The Labute approximate surface area is 123 Å². The van der Waals surface area contributed by atoms with Gasteiger partial charge in [-0.05, 0) is 67.9 Å². The number of unbranched alkanes of at least 4 members (excludes halogenated alkanes) is 1. The van der Waals surface area contributed by atoms with Crippen LogP contribution in [0, 0.1) is 0 Å². The molecule has 1 aromatic carbocycles. The summed E-state index contributed by atoms with van der Waals surface area (Å²) in [5.74, 6) is 0. The van der Waals surface area contributed by atoms with Crippen LogP contribution in [0.2, 0.25) is 0 Å². The Balaban J connectivity index is 1.72. The van der Waals surface area contributed by atoms with Gasteiger partial charge in [-0.15, -0.1) is 5.73 Å². The fourth-order valence-electron chi connectivity index (χ4n) is 2.73. The molecule has 1 heteroatoms. The van der Waals surface area contributed by atoms with E-state index in [0.717, 1.165) is 25.7 Å². The third-order valence-electron chi connectivity index (χ3n) is 4.08. The summed E-state index contributed by atoms with van der Waals surface area (Å²) in [5.41, 5.74) is 7.29. The molecule has 1 aliphatic rings. The summed E-state index contributed by atoms with van der Waals surface area (Å²) in [5, 5.41) is 0. The van der Waals surface area contributed by atoms with E-state index >= 15 is 0 Å². The van der Waals surface area contributed by atoms with Gasteiger partial charge < -0.3 is 0 Å². The first-order chi connectivity index (χ1) is 9.83. The van der Waals surface area contributed by atoms with Crippen LogP contribution in [0.15, 0.2) is 47.1 Å². The lowest BCUT2D eigenvalue weighted by atomic mass is 9.98. The number of nitrogens with zero attached hydrogens (tertiary/aromatic N) is 1. The molecular formula is C19H25N. The molecule has 0 aromatic heterocycles. The molecule has 1 atom stereocenters. The molecular weight excluding hydrogens is 242 g/mol. The minimum atomic E-state index is 0.372. The van der Waals surface area contributed by atoms with Gasteiger partial charge in [0.15, 0.2) is 0 Å². The van der Waals surface area contributed by atoms with Crippen molar-refractivity contribution in [3.63, 3.8) is 0 Å². The zero-order valence-corrected chi connectivity index (χ0v) is 12.6. The van der Waals surface area contributed by atoms with Gasteiger partial charge in [-0.1, -0.05) is 37.8 Å². The van der Waals surface area contributed by atoms with E-state index in [2.05, 4.69) is 48.5 Å². The van der Waals surface area contributed by atoms with Crippen LogP contribution in [-0.4, -0.2) is 12.3 Å². The Morgan fingerprint density at radius 1 is 1.25 bits per heavy atom. The second-order valence-electron chi connectivity index (χ2n) is 5.50. The molecule has 1 aliphatic heterocycles. The summed E-state index contributed by atoms with van der Waals surface area (Å²) < 4.78 is 0. The van der Waals surface area contributed by atoms with Gasteiger partial charge in [0.25, 0.3) is 0 Å². The van der Waals surface area contributed by atoms with Gasteiger partial charge in [-0.2, -0.15) is 0 Å². The maximum absolute atomic E-state index is 4.50. The van der Waals surface area contributed by atoms with E-state index in [0.29, 0.717) is 6.04 Å². The number of rotatable bonds is 7. The number of hydrogen-bond acceptors (Lipinski definition) is 1. The van der Waals surface area contributed by atoms with Crippen molar-refractivity contribution in [2.75, 3.05) is 0 Å². The van der Waals surface area contributed by atoms with Gasteiger partial charge >= 0.3 is 0 Å². The molecule has 0 amide bonds. The van der Waals surface area contributed by atoms with Crippen LogP contribution in [0.25, 0.3) is 0 Å². The molecule has 0 spiro atoms. The van der Waals surface area contributed by atoms with Crippen LogP contribution in [0.3, 0.4) is 0 Å². The van der Waals surface area contributed by atoms with Crippen molar-refractivity contribution in [3.05, 3.63) is 53.3 Å². The summed E-state index contributed by atoms with van der Waals surface area (Å²) in [6.45, 7) is 6.02. The molecule has 0 aliphatic carbocycles. The van der Waals surface area contributed by atoms with Crippen LogP contribution in [0.1, 0.15) is 50.2 Å². The maximum atomic E-state index is 4.50. The average molecular weight is 267 g/mol. The van der Waals surface area contributed by atoms with Gasteiger partial charge in [0, 0.05) is 0 Å². The topological polar surface area (TPSA) is 12.4 Å². The molecule has 106 valence electrons. The van der Waals surface area contributed by atoms with Crippen molar-refractivity contribution < 1.29 is 0 Å².